The molecule has 2 fully saturated rings. The largest absolute Gasteiger partial charge is 0.357 e. The van der Waals surface area contributed by atoms with E-state index in [-0.39, 0.29) is 24.0 Å². The van der Waals surface area contributed by atoms with Crippen LogP contribution < -0.4 is 10.6 Å². The Labute approximate surface area is 215 Å². The van der Waals surface area contributed by atoms with Crippen LogP contribution in [0.3, 0.4) is 0 Å². The van der Waals surface area contributed by atoms with E-state index < -0.39 is 10.8 Å². The third-order valence-electron chi connectivity index (χ3n) is 6.71. The van der Waals surface area contributed by atoms with Crippen molar-refractivity contribution in [3.8, 4) is 0 Å². The number of guanidine groups is 1. The first-order chi connectivity index (χ1) is 15.1. The molecule has 1 aromatic carbocycles. The van der Waals surface area contributed by atoms with E-state index in [0.29, 0.717) is 17.2 Å². The molecule has 0 radical (unpaired) electrons. The summed E-state index contributed by atoms with van der Waals surface area (Å²) in [6.07, 6.45) is 6.85. The Morgan fingerprint density at radius 1 is 1.12 bits per heavy atom. The first-order valence-electron chi connectivity index (χ1n) is 12.3. The van der Waals surface area contributed by atoms with Gasteiger partial charge in [0.05, 0.1) is 0 Å². The van der Waals surface area contributed by atoms with Crippen molar-refractivity contribution in [3.63, 3.8) is 0 Å². The smallest absolute Gasteiger partial charge is 0.191 e. The average molecular weight is 575 g/mol. The Morgan fingerprint density at radius 3 is 2.50 bits per heavy atom. The third kappa shape index (κ3) is 8.93. The predicted octanol–water partition coefficient (Wildman–Crippen LogP) is 4.46. The second kappa shape index (κ2) is 14.6. The molecule has 0 spiro atoms. The molecule has 1 aliphatic carbocycles. The molecule has 0 aromatic heterocycles. The summed E-state index contributed by atoms with van der Waals surface area (Å²) in [5, 5.41) is 7.42. The van der Waals surface area contributed by atoms with Crippen molar-refractivity contribution in [1.82, 2.24) is 15.5 Å². The number of piperidine rings is 1. The number of halogens is 1. The Balaban J connectivity index is 0.00000363. The summed E-state index contributed by atoms with van der Waals surface area (Å²) in [5.41, 5.74) is 2.74. The lowest BCUT2D eigenvalue weighted by Gasteiger charge is -2.32. The lowest BCUT2D eigenvalue weighted by molar-refractivity contribution is 0.180. The van der Waals surface area contributed by atoms with E-state index in [0.717, 1.165) is 70.1 Å². The molecule has 7 heteroatoms. The van der Waals surface area contributed by atoms with Gasteiger partial charge in [0, 0.05) is 47.5 Å². The first kappa shape index (κ1) is 27.6. The average Bonchev–Trinajstić information content (AvgIpc) is 2.80. The fourth-order valence-corrected chi connectivity index (χ4v) is 6.11. The second-order valence-corrected chi connectivity index (χ2v) is 11.2. The van der Waals surface area contributed by atoms with Crippen molar-refractivity contribution in [2.45, 2.75) is 77.1 Å². The van der Waals surface area contributed by atoms with E-state index in [1.165, 1.54) is 24.0 Å². The Morgan fingerprint density at radius 2 is 1.84 bits per heavy atom. The molecular weight excluding hydrogens is 531 g/mol. The van der Waals surface area contributed by atoms with E-state index in [2.05, 4.69) is 53.6 Å². The maximum absolute atomic E-state index is 12.2. The van der Waals surface area contributed by atoms with E-state index in [4.69, 9.17) is 4.99 Å². The van der Waals surface area contributed by atoms with Crippen molar-refractivity contribution in [1.29, 1.82) is 0 Å². The van der Waals surface area contributed by atoms with E-state index in [1.54, 1.807) is 0 Å². The summed E-state index contributed by atoms with van der Waals surface area (Å²) in [6, 6.07) is 9.32. The quantitative estimate of drug-likeness (QED) is 0.274. The van der Waals surface area contributed by atoms with Gasteiger partial charge in [-0.3, -0.25) is 14.1 Å². The van der Waals surface area contributed by atoms with Gasteiger partial charge in [0.15, 0.2) is 5.96 Å². The van der Waals surface area contributed by atoms with Crippen LogP contribution in [0.25, 0.3) is 0 Å². The third-order valence-corrected chi connectivity index (χ3v) is 8.45. The number of aliphatic imine (C=N–C) groups is 1. The lowest BCUT2D eigenvalue weighted by atomic mass is 9.95. The zero-order valence-corrected chi connectivity index (χ0v) is 23.3. The Kier molecular flexibility index (Phi) is 12.5. The molecule has 3 atom stereocenters. The molecule has 1 saturated carbocycles. The maximum Gasteiger partial charge on any atom is 0.191 e. The van der Waals surface area contributed by atoms with Crippen molar-refractivity contribution in [2.75, 3.05) is 31.9 Å². The number of hydrogen-bond donors (Lipinski definition) is 2. The molecule has 5 nitrogen and oxygen atoms in total. The molecule has 3 unspecified atom stereocenters. The summed E-state index contributed by atoms with van der Waals surface area (Å²) >= 11 is 0. The van der Waals surface area contributed by atoms with Crippen LogP contribution in [0, 0.1) is 12.8 Å². The highest BCUT2D eigenvalue weighted by Gasteiger charge is 2.26. The van der Waals surface area contributed by atoms with Crippen LogP contribution in [0.2, 0.25) is 0 Å². The molecule has 32 heavy (non-hydrogen) atoms. The number of hydrogen-bond acceptors (Lipinski definition) is 3. The molecule has 1 aromatic rings. The SMILES string of the molecule is CCNC(=NCC1CCN(Cc2ccc(C)cc2)CC1)NC1CCCC(S(=O)CC)C1.I. The number of nitrogens with zero attached hydrogens (tertiary/aromatic N) is 2. The van der Waals surface area contributed by atoms with Gasteiger partial charge < -0.3 is 10.6 Å². The van der Waals surface area contributed by atoms with Crippen molar-refractivity contribution >= 4 is 40.7 Å². The van der Waals surface area contributed by atoms with Gasteiger partial charge in [-0.25, -0.2) is 0 Å². The van der Waals surface area contributed by atoms with Crippen LogP contribution in [-0.2, 0) is 17.3 Å². The molecule has 0 amide bonds. The van der Waals surface area contributed by atoms with Crippen LogP contribution in [0.5, 0.6) is 0 Å². The predicted molar refractivity (Wildman–Crippen MR) is 148 cm³/mol. The monoisotopic (exact) mass is 574 g/mol. The molecule has 1 aliphatic heterocycles. The number of nitrogens with one attached hydrogen (secondary N) is 2. The molecule has 0 bridgehead atoms. The van der Waals surface area contributed by atoms with Crippen LogP contribution >= 0.6 is 24.0 Å². The fraction of sp³-hybridized carbons (Fsp3) is 0.720. The van der Waals surface area contributed by atoms with Crippen LogP contribution in [0.15, 0.2) is 29.3 Å². The molecular formula is C25H43IN4OS. The fourth-order valence-electron chi connectivity index (χ4n) is 4.76. The zero-order valence-electron chi connectivity index (χ0n) is 20.1. The minimum Gasteiger partial charge on any atom is -0.357 e. The summed E-state index contributed by atoms with van der Waals surface area (Å²) < 4.78 is 12.2. The maximum atomic E-state index is 12.2. The van der Waals surface area contributed by atoms with Crippen molar-refractivity contribution in [2.24, 2.45) is 10.9 Å². The van der Waals surface area contributed by atoms with Gasteiger partial charge in [0.2, 0.25) is 0 Å². The lowest BCUT2D eigenvalue weighted by Crippen LogP contribution is -2.47. The summed E-state index contributed by atoms with van der Waals surface area (Å²) in [4.78, 5) is 7.51. The number of rotatable bonds is 8. The van der Waals surface area contributed by atoms with Gasteiger partial charge in [-0.2, -0.15) is 0 Å². The molecule has 2 N–H and O–H groups in total. The molecule has 1 saturated heterocycles. The molecule has 2 aliphatic rings. The highest BCUT2D eigenvalue weighted by atomic mass is 127. The number of aryl methyl sites for hydroxylation is 1. The van der Waals surface area contributed by atoms with Gasteiger partial charge in [0.1, 0.15) is 0 Å². The summed E-state index contributed by atoms with van der Waals surface area (Å²) in [6.45, 7) is 11.4. The standard InChI is InChI=1S/C25H42N4OS.HI/c1-4-26-25(28-23-7-6-8-24(17-23)31(30)5-2)27-18-21-13-15-29(16-14-21)19-22-11-9-20(3)10-12-22;/h9-12,21,23-24H,4-8,13-19H2,1-3H3,(H2,26,27,28);1H. The number of likely N-dealkylation sites (tertiary alicyclic amines) is 1. The summed E-state index contributed by atoms with van der Waals surface area (Å²) in [5.74, 6) is 2.38. The topological polar surface area (TPSA) is 56.7 Å². The molecule has 1 heterocycles. The van der Waals surface area contributed by atoms with E-state index >= 15 is 0 Å². The minimum absolute atomic E-state index is 0. The zero-order chi connectivity index (χ0) is 22.1. The highest BCUT2D eigenvalue weighted by Crippen LogP contribution is 2.23. The van der Waals surface area contributed by atoms with Gasteiger partial charge >= 0.3 is 0 Å². The number of benzene rings is 1. The van der Waals surface area contributed by atoms with Gasteiger partial charge in [0.25, 0.3) is 0 Å². The highest BCUT2D eigenvalue weighted by molar-refractivity contribution is 14.0. The first-order valence-corrected chi connectivity index (χ1v) is 13.7. The van der Waals surface area contributed by atoms with Gasteiger partial charge in [-0.15, -0.1) is 24.0 Å². The Bertz CT molecular complexity index is 719. The van der Waals surface area contributed by atoms with Crippen LogP contribution in [-0.4, -0.2) is 58.3 Å². The van der Waals surface area contributed by atoms with Crippen molar-refractivity contribution < 1.29 is 4.21 Å². The van der Waals surface area contributed by atoms with Gasteiger partial charge in [-0.05, 0) is 70.5 Å². The molecule has 3 rings (SSSR count). The van der Waals surface area contributed by atoms with E-state index in [1.807, 2.05) is 6.92 Å². The van der Waals surface area contributed by atoms with Crippen LogP contribution in [0.4, 0.5) is 0 Å². The van der Waals surface area contributed by atoms with Crippen LogP contribution in [0.1, 0.15) is 63.5 Å². The summed E-state index contributed by atoms with van der Waals surface area (Å²) in [7, 11) is -0.685. The van der Waals surface area contributed by atoms with Crippen molar-refractivity contribution in [3.05, 3.63) is 35.4 Å². The van der Waals surface area contributed by atoms with Gasteiger partial charge in [-0.1, -0.05) is 43.2 Å². The Hall–Kier alpha value is -0.670. The normalized spacial score (nSPS) is 23.9. The second-order valence-electron chi connectivity index (χ2n) is 9.22. The molecule has 182 valence electrons. The minimum atomic E-state index is -0.685. The van der Waals surface area contributed by atoms with E-state index in [9.17, 15) is 4.21 Å².